The Labute approximate surface area is 137 Å². The van der Waals surface area contributed by atoms with Crippen molar-refractivity contribution in [2.24, 2.45) is 0 Å². The molecule has 0 aliphatic carbocycles. The number of ether oxygens (including phenoxy) is 1. The van der Waals surface area contributed by atoms with Crippen molar-refractivity contribution in [1.29, 1.82) is 0 Å². The maximum atomic E-state index is 13.2. The number of carbonyl (C=O) groups excluding carboxylic acids is 1. The van der Waals surface area contributed by atoms with Crippen LogP contribution in [0.5, 0.6) is 5.75 Å². The van der Waals surface area contributed by atoms with Gasteiger partial charge in [0.2, 0.25) is 0 Å². The lowest BCUT2D eigenvalue weighted by atomic mass is 10.2. The number of methoxy groups -OCH3 is 1. The van der Waals surface area contributed by atoms with E-state index in [-0.39, 0.29) is 11.7 Å². The van der Waals surface area contributed by atoms with Crippen LogP contribution >= 0.6 is 11.6 Å². The Bertz CT molecular complexity index is 905. The third-order valence-corrected chi connectivity index (χ3v) is 3.97. The molecule has 23 heavy (non-hydrogen) atoms. The van der Waals surface area contributed by atoms with E-state index in [1.807, 2.05) is 6.92 Å². The number of hydrogen-bond donors (Lipinski definition) is 2. The van der Waals surface area contributed by atoms with Crippen LogP contribution in [0.4, 0.5) is 10.1 Å². The van der Waals surface area contributed by atoms with E-state index in [1.54, 1.807) is 24.3 Å². The van der Waals surface area contributed by atoms with Gasteiger partial charge in [-0.25, -0.2) is 4.39 Å². The summed E-state index contributed by atoms with van der Waals surface area (Å²) < 4.78 is 18.5. The summed E-state index contributed by atoms with van der Waals surface area (Å²) in [6.07, 6.45) is 0. The normalized spacial score (nSPS) is 10.8. The van der Waals surface area contributed by atoms with Gasteiger partial charge in [-0.2, -0.15) is 0 Å². The smallest absolute Gasteiger partial charge is 0.272 e. The summed E-state index contributed by atoms with van der Waals surface area (Å²) >= 11 is 6.05. The van der Waals surface area contributed by atoms with E-state index in [1.165, 1.54) is 19.2 Å². The molecule has 0 saturated carbocycles. The van der Waals surface area contributed by atoms with Crippen LogP contribution in [0.1, 0.15) is 16.1 Å². The Balaban J connectivity index is 1.93. The van der Waals surface area contributed by atoms with Gasteiger partial charge in [0, 0.05) is 22.0 Å². The summed E-state index contributed by atoms with van der Waals surface area (Å²) in [7, 11) is 1.50. The highest BCUT2D eigenvalue weighted by Gasteiger charge is 2.14. The minimum Gasteiger partial charge on any atom is -0.495 e. The zero-order valence-corrected chi connectivity index (χ0v) is 13.3. The molecule has 2 aromatic carbocycles. The highest BCUT2D eigenvalue weighted by molar-refractivity contribution is 6.31. The highest BCUT2D eigenvalue weighted by Crippen LogP contribution is 2.31. The van der Waals surface area contributed by atoms with Crippen LogP contribution in [0, 0.1) is 12.7 Å². The van der Waals surface area contributed by atoms with Crippen molar-refractivity contribution in [3.05, 3.63) is 58.5 Å². The van der Waals surface area contributed by atoms with Gasteiger partial charge in [0.1, 0.15) is 17.3 Å². The Morgan fingerprint density at radius 2 is 2.04 bits per heavy atom. The number of aromatic amines is 1. The van der Waals surface area contributed by atoms with Crippen LogP contribution in [0.2, 0.25) is 5.02 Å². The molecule has 0 atom stereocenters. The molecule has 0 spiro atoms. The number of anilines is 1. The Morgan fingerprint density at radius 1 is 1.26 bits per heavy atom. The first-order chi connectivity index (χ1) is 11.0. The number of nitrogens with one attached hydrogen (secondary N) is 2. The van der Waals surface area contributed by atoms with Gasteiger partial charge in [-0.05, 0) is 42.8 Å². The SMILES string of the molecule is COc1cc(Cl)c(C)cc1NC(=O)c1cc2ccc(F)cc2[nH]1. The molecule has 118 valence electrons. The fraction of sp³-hybridized carbons (Fsp3) is 0.118. The minimum atomic E-state index is -0.360. The third-order valence-electron chi connectivity index (χ3n) is 3.56. The fourth-order valence-electron chi connectivity index (χ4n) is 2.34. The second-order valence-electron chi connectivity index (χ2n) is 5.17. The van der Waals surface area contributed by atoms with Crippen molar-refractivity contribution in [3.63, 3.8) is 0 Å². The predicted molar refractivity (Wildman–Crippen MR) is 89.0 cm³/mol. The fourth-order valence-corrected chi connectivity index (χ4v) is 2.49. The molecule has 3 rings (SSSR count). The number of benzene rings is 2. The number of carbonyl (C=O) groups is 1. The lowest BCUT2D eigenvalue weighted by Crippen LogP contribution is -2.13. The molecule has 1 aromatic heterocycles. The minimum absolute atomic E-state index is 0.334. The molecule has 0 fully saturated rings. The first kappa shape index (κ1) is 15.4. The molecular weight excluding hydrogens is 319 g/mol. The maximum Gasteiger partial charge on any atom is 0.272 e. The number of aryl methyl sites for hydroxylation is 1. The van der Waals surface area contributed by atoms with E-state index in [0.717, 1.165) is 10.9 Å². The number of H-pyrrole nitrogens is 1. The summed E-state index contributed by atoms with van der Waals surface area (Å²) in [5.74, 6) is -0.237. The van der Waals surface area contributed by atoms with E-state index in [9.17, 15) is 9.18 Å². The van der Waals surface area contributed by atoms with E-state index in [4.69, 9.17) is 16.3 Å². The molecule has 2 N–H and O–H groups in total. The molecule has 0 radical (unpaired) electrons. The maximum absolute atomic E-state index is 13.2. The van der Waals surface area contributed by atoms with Crippen LogP contribution in [0.15, 0.2) is 36.4 Å². The molecule has 6 heteroatoms. The van der Waals surface area contributed by atoms with Crippen molar-refractivity contribution in [2.75, 3.05) is 12.4 Å². The Hall–Kier alpha value is -2.53. The van der Waals surface area contributed by atoms with Crippen molar-refractivity contribution >= 4 is 34.1 Å². The molecule has 0 bridgehead atoms. The van der Waals surface area contributed by atoms with E-state index >= 15 is 0 Å². The van der Waals surface area contributed by atoms with Gasteiger partial charge in [-0.15, -0.1) is 0 Å². The van der Waals surface area contributed by atoms with Gasteiger partial charge in [-0.1, -0.05) is 11.6 Å². The first-order valence-corrected chi connectivity index (χ1v) is 7.29. The summed E-state index contributed by atoms with van der Waals surface area (Å²) in [4.78, 5) is 15.3. The number of halogens is 2. The monoisotopic (exact) mass is 332 g/mol. The first-order valence-electron chi connectivity index (χ1n) is 6.91. The van der Waals surface area contributed by atoms with Crippen molar-refractivity contribution in [3.8, 4) is 5.75 Å². The van der Waals surface area contributed by atoms with Gasteiger partial charge in [0.05, 0.1) is 12.8 Å². The van der Waals surface area contributed by atoms with Crippen molar-refractivity contribution in [2.45, 2.75) is 6.92 Å². The number of fused-ring (bicyclic) bond motifs is 1. The van der Waals surface area contributed by atoms with Crippen LogP contribution in [0.25, 0.3) is 10.9 Å². The van der Waals surface area contributed by atoms with Gasteiger partial charge in [0.15, 0.2) is 0 Å². The molecule has 1 heterocycles. The van der Waals surface area contributed by atoms with E-state index in [0.29, 0.717) is 27.7 Å². The van der Waals surface area contributed by atoms with Gasteiger partial charge in [-0.3, -0.25) is 4.79 Å². The van der Waals surface area contributed by atoms with Gasteiger partial charge >= 0.3 is 0 Å². The summed E-state index contributed by atoms with van der Waals surface area (Å²) in [6.45, 7) is 1.84. The second kappa shape index (κ2) is 5.93. The Kier molecular flexibility index (Phi) is 3.96. The van der Waals surface area contributed by atoms with Crippen molar-refractivity contribution < 1.29 is 13.9 Å². The summed E-state index contributed by atoms with van der Waals surface area (Å²) in [5.41, 5.74) is 2.24. The van der Waals surface area contributed by atoms with Crippen LogP contribution in [-0.4, -0.2) is 18.0 Å². The quantitative estimate of drug-likeness (QED) is 0.740. The predicted octanol–water partition coefficient (Wildman–Crippen LogP) is 4.53. The topological polar surface area (TPSA) is 54.1 Å². The lowest BCUT2D eigenvalue weighted by molar-refractivity contribution is 0.102. The van der Waals surface area contributed by atoms with Crippen LogP contribution in [0.3, 0.4) is 0 Å². The third kappa shape index (κ3) is 3.00. The second-order valence-corrected chi connectivity index (χ2v) is 5.58. The van der Waals surface area contributed by atoms with Crippen LogP contribution < -0.4 is 10.1 Å². The molecule has 0 unspecified atom stereocenters. The molecule has 4 nitrogen and oxygen atoms in total. The van der Waals surface area contributed by atoms with E-state index in [2.05, 4.69) is 10.3 Å². The number of rotatable bonds is 3. The molecule has 0 saturated heterocycles. The van der Waals surface area contributed by atoms with Gasteiger partial charge in [0.25, 0.3) is 5.91 Å². The largest absolute Gasteiger partial charge is 0.495 e. The number of hydrogen-bond acceptors (Lipinski definition) is 2. The molecule has 0 aliphatic heterocycles. The molecule has 1 amide bonds. The number of aromatic nitrogens is 1. The summed E-state index contributed by atoms with van der Waals surface area (Å²) in [6, 6.07) is 9.36. The average molecular weight is 333 g/mol. The zero-order chi connectivity index (χ0) is 16.6. The lowest BCUT2D eigenvalue weighted by Gasteiger charge is -2.11. The zero-order valence-electron chi connectivity index (χ0n) is 12.5. The average Bonchev–Trinajstić information content (AvgIpc) is 2.93. The van der Waals surface area contributed by atoms with E-state index < -0.39 is 0 Å². The molecular formula is C17H14ClFN2O2. The van der Waals surface area contributed by atoms with Crippen molar-refractivity contribution in [1.82, 2.24) is 4.98 Å². The standard InChI is InChI=1S/C17H14ClFN2O2/c1-9-5-14(16(23-2)8-12(9)18)21-17(22)15-6-10-3-4-11(19)7-13(10)20-15/h3-8,20H,1-2H3,(H,21,22). The number of amides is 1. The Morgan fingerprint density at radius 3 is 2.78 bits per heavy atom. The molecule has 3 aromatic rings. The summed E-state index contributed by atoms with van der Waals surface area (Å²) in [5, 5.41) is 4.09. The van der Waals surface area contributed by atoms with Crippen LogP contribution in [-0.2, 0) is 0 Å². The molecule has 0 aliphatic rings. The van der Waals surface area contributed by atoms with Gasteiger partial charge < -0.3 is 15.0 Å². The highest BCUT2D eigenvalue weighted by atomic mass is 35.5.